The molecule has 0 saturated carbocycles. The minimum Gasteiger partial charge on any atom is -0.436 e. The summed E-state index contributed by atoms with van der Waals surface area (Å²) in [4.78, 5) is 4.05. The van der Waals surface area contributed by atoms with Crippen molar-refractivity contribution in [3.8, 4) is 11.6 Å². The van der Waals surface area contributed by atoms with Crippen LogP contribution in [0.5, 0.6) is 11.6 Å². The fourth-order valence-corrected chi connectivity index (χ4v) is 1.92. The molecule has 100 valence electrons. The lowest BCUT2D eigenvalue weighted by Crippen LogP contribution is -1.97. The van der Waals surface area contributed by atoms with E-state index in [-0.39, 0.29) is 18.2 Å². The normalized spacial score (nSPS) is 10.6. The number of nitrogens with zero attached hydrogens (tertiary/aromatic N) is 1. The van der Waals surface area contributed by atoms with Crippen molar-refractivity contribution in [2.45, 2.75) is 13.5 Å². The third-order valence-corrected chi connectivity index (χ3v) is 2.97. The van der Waals surface area contributed by atoms with Crippen molar-refractivity contribution < 1.29 is 18.6 Å². The molecule has 2 rings (SSSR count). The van der Waals surface area contributed by atoms with Crippen molar-refractivity contribution in [3.05, 3.63) is 51.6 Å². The molecule has 0 spiro atoms. The Morgan fingerprint density at radius 2 is 2.05 bits per heavy atom. The largest absolute Gasteiger partial charge is 0.436 e. The molecular weight excluding hydrogens is 320 g/mol. The Hall–Kier alpha value is -1.53. The van der Waals surface area contributed by atoms with Crippen LogP contribution in [0.2, 0.25) is 0 Å². The van der Waals surface area contributed by atoms with Gasteiger partial charge in [0, 0.05) is 16.2 Å². The first-order valence-electron chi connectivity index (χ1n) is 5.41. The third kappa shape index (κ3) is 3.08. The van der Waals surface area contributed by atoms with Gasteiger partial charge in [-0.25, -0.2) is 9.37 Å². The predicted molar refractivity (Wildman–Crippen MR) is 69.0 cm³/mol. The lowest BCUT2D eigenvalue weighted by Gasteiger charge is -2.09. The third-order valence-electron chi connectivity index (χ3n) is 2.51. The number of benzene rings is 1. The number of aliphatic hydroxyl groups excluding tert-OH is 1. The smallest absolute Gasteiger partial charge is 0.219 e. The summed E-state index contributed by atoms with van der Waals surface area (Å²) < 4.78 is 32.3. The number of rotatable bonds is 3. The number of aromatic nitrogens is 1. The monoisotopic (exact) mass is 329 g/mol. The summed E-state index contributed by atoms with van der Waals surface area (Å²) >= 11 is 3.06. The van der Waals surface area contributed by atoms with Gasteiger partial charge in [0.2, 0.25) is 11.7 Å². The Balaban J connectivity index is 2.33. The standard InChI is InChI=1S/C13H10BrF2NO2/c1-7-8(6-18)2-3-12(17-7)19-11-5-9(14)4-10(15)13(11)16/h2-5,18H,6H2,1H3. The van der Waals surface area contributed by atoms with Gasteiger partial charge in [-0.15, -0.1) is 0 Å². The van der Waals surface area contributed by atoms with E-state index in [2.05, 4.69) is 20.9 Å². The molecule has 2 aromatic rings. The van der Waals surface area contributed by atoms with Crippen LogP contribution in [0.15, 0.2) is 28.7 Å². The van der Waals surface area contributed by atoms with E-state index in [0.29, 0.717) is 15.7 Å². The van der Waals surface area contributed by atoms with Crippen molar-refractivity contribution in [1.29, 1.82) is 0 Å². The van der Waals surface area contributed by atoms with E-state index in [1.807, 2.05) is 0 Å². The van der Waals surface area contributed by atoms with Crippen LogP contribution < -0.4 is 4.74 Å². The van der Waals surface area contributed by atoms with Crippen LogP contribution in [0, 0.1) is 18.6 Å². The van der Waals surface area contributed by atoms with Gasteiger partial charge in [0.1, 0.15) is 0 Å². The lowest BCUT2D eigenvalue weighted by atomic mass is 10.2. The molecule has 0 atom stereocenters. The van der Waals surface area contributed by atoms with Crippen molar-refractivity contribution >= 4 is 15.9 Å². The molecule has 1 aromatic carbocycles. The van der Waals surface area contributed by atoms with Crippen molar-refractivity contribution in [3.63, 3.8) is 0 Å². The van der Waals surface area contributed by atoms with E-state index in [4.69, 9.17) is 9.84 Å². The fraction of sp³-hybridized carbons (Fsp3) is 0.154. The quantitative estimate of drug-likeness (QED) is 0.873. The number of hydrogen-bond acceptors (Lipinski definition) is 3. The number of pyridine rings is 1. The van der Waals surface area contributed by atoms with Gasteiger partial charge in [-0.2, -0.15) is 4.39 Å². The first-order chi connectivity index (χ1) is 9.01. The molecular formula is C13H10BrF2NO2. The second-order valence-corrected chi connectivity index (χ2v) is 4.77. The van der Waals surface area contributed by atoms with Crippen LogP contribution in [-0.2, 0) is 6.61 Å². The summed E-state index contributed by atoms with van der Waals surface area (Å²) in [6.07, 6.45) is 0. The van der Waals surface area contributed by atoms with Crippen LogP contribution in [0.4, 0.5) is 8.78 Å². The van der Waals surface area contributed by atoms with E-state index >= 15 is 0 Å². The zero-order chi connectivity index (χ0) is 14.0. The summed E-state index contributed by atoms with van der Waals surface area (Å²) in [6, 6.07) is 5.42. The van der Waals surface area contributed by atoms with Crippen LogP contribution in [0.25, 0.3) is 0 Å². The van der Waals surface area contributed by atoms with Crippen molar-refractivity contribution in [2.75, 3.05) is 0 Å². The molecule has 0 aliphatic carbocycles. The van der Waals surface area contributed by atoms with Gasteiger partial charge < -0.3 is 9.84 Å². The number of halogens is 3. The minimum absolute atomic E-state index is 0.131. The summed E-state index contributed by atoms with van der Waals surface area (Å²) in [5, 5.41) is 9.02. The van der Waals surface area contributed by atoms with Crippen LogP contribution >= 0.6 is 15.9 Å². The number of ether oxygens (including phenoxy) is 1. The van der Waals surface area contributed by atoms with Gasteiger partial charge in [-0.05, 0) is 30.7 Å². The Morgan fingerprint density at radius 1 is 1.32 bits per heavy atom. The van der Waals surface area contributed by atoms with E-state index in [9.17, 15) is 8.78 Å². The average molecular weight is 330 g/mol. The molecule has 1 aromatic heterocycles. The molecule has 6 heteroatoms. The average Bonchev–Trinajstić information content (AvgIpc) is 2.35. The van der Waals surface area contributed by atoms with Crippen molar-refractivity contribution in [2.24, 2.45) is 0 Å². The zero-order valence-electron chi connectivity index (χ0n) is 9.95. The number of hydrogen-bond donors (Lipinski definition) is 1. The molecule has 0 aliphatic rings. The molecule has 19 heavy (non-hydrogen) atoms. The highest BCUT2D eigenvalue weighted by Gasteiger charge is 2.13. The van der Waals surface area contributed by atoms with Gasteiger partial charge in [0.15, 0.2) is 11.6 Å². The summed E-state index contributed by atoms with van der Waals surface area (Å²) in [5.74, 6) is -2.21. The van der Waals surface area contributed by atoms with Crippen LogP contribution in [-0.4, -0.2) is 10.1 Å². The van der Waals surface area contributed by atoms with E-state index in [0.717, 1.165) is 6.07 Å². The van der Waals surface area contributed by atoms with E-state index < -0.39 is 11.6 Å². The Labute approximate surface area is 117 Å². The van der Waals surface area contributed by atoms with Crippen molar-refractivity contribution in [1.82, 2.24) is 4.98 Å². The second-order valence-electron chi connectivity index (χ2n) is 3.85. The molecule has 1 N–H and O–H groups in total. The SMILES string of the molecule is Cc1nc(Oc2cc(Br)cc(F)c2F)ccc1CO. The van der Waals surface area contributed by atoms with Gasteiger partial charge in [-0.1, -0.05) is 15.9 Å². The lowest BCUT2D eigenvalue weighted by molar-refractivity contribution is 0.280. The van der Waals surface area contributed by atoms with Crippen LogP contribution in [0.1, 0.15) is 11.3 Å². The maximum Gasteiger partial charge on any atom is 0.219 e. The fourth-order valence-electron chi connectivity index (χ4n) is 1.51. The molecule has 0 aliphatic heterocycles. The van der Waals surface area contributed by atoms with E-state index in [1.54, 1.807) is 13.0 Å². The molecule has 0 bridgehead atoms. The molecule has 1 heterocycles. The zero-order valence-corrected chi connectivity index (χ0v) is 11.5. The molecule has 3 nitrogen and oxygen atoms in total. The van der Waals surface area contributed by atoms with E-state index in [1.165, 1.54) is 12.1 Å². The Kier molecular flexibility index (Phi) is 4.11. The van der Waals surface area contributed by atoms with Gasteiger partial charge in [0.25, 0.3) is 0 Å². The Morgan fingerprint density at radius 3 is 2.68 bits per heavy atom. The maximum atomic E-state index is 13.5. The molecule has 0 unspecified atom stereocenters. The second kappa shape index (κ2) is 5.63. The number of aliphatic hydroxyl groups is 1. The highest BCUT2D eigenvalue weighted by Crippen LogP contribution is 2.29. The first-order valence-corrected chi connectivity index (χ1v) is 6.20. The summed E-state index contributed by atoms with van der Waals surface area (Å²) in [5.41, 5.74) is 1.21. The number of aryl methyl sites for hydroxylation is 1. The van der Waals surface area contributed by atoms with Gasteiger partial charge in [-0.3, -0.25) is 0 Å². The minimum atomic E-state index is -1.08. The topological polar surface area (TPSA) is 42.4 Å². The molecule has 0 amide bonds. The Bertz CT molecular complexity index is 620. The first kappa shape index (κ1) is 13.9. The highest BCUT2D eigenvalue weighted by atomic mass is 79.9. The summed E-state index contributed by atoms with van der Waals surface area (Å²) in [6.45, 7) is 1.55. The predicted octanol–water partition coefficient (Wildman–Crippen LogP) is 3.72. The molecule has 0 fully saturated rings. The highest BCUT2D eigenvalue weighted by molar-refractivity contribution is 9.10. The molecule has 0 saturated heterocycles. The van der Waals surface area contributed by atoms with Crippen LogP contribution in [0.3, 0.4) is 0 Å². The van der Waals surface area contributed by atoms with Gasteiger partial charge >= 0.3 is 0 Å². The van der Waals surface area contributed by atoms with Gasteiger partial charge in [0.05, 0.1) is 6.61 Å². The summed E-state index contributed by atoms with van der Waals surface area (Å²) in [7, 11) is 0. The maximum absolute atomic E-state index is 13.5. The molecule has 0 radical (unpaired) electrons.